The number of pyridine rings is 1. The highest BCUT2D eigenvalue weighted by molar-refractivity contribution is 6.31. The lowest BCUT2D eigenvalue weighted by Crippen LogP contribution is -2.15. The van der Waals surface area contributed by atoms with Crippen molar-refractivity contribution in [3.63, 3.8) is 0 Å². The quantitative estimate of drug-likeness (QED) is 0.708. The summed E-state index contributed by atoms with van der Waals surface area (Å²) in [5.41, 5.74) is 4.86. The Balaban J connectivity index is 1.74. The van der Waals surface area contributed by atoms with Crippen LogP contribution in [0.25, 0.3) is 11.1 Å². The Kier molecular flexibility index (Phi) is 4.60. The first-order chi connectivity index (χ1) is 13.1. The van der Waals surface area contributed by atoms with Crippen molar-refractivity contribution in [1.82, 2.24) is 4.98 Å². The summed E-state index contributed by atoms with van der Waals surface area (Å²) >= 11 is 6.03. The number of methoxy groups -OCH3 is 1. The highest BCUT2D eigenvalue weighted by Crippen LogP contribution is 2.32. The fourth-order valence-electron chi connectivity index (χ4n) is 2.95. The summed E-state index contributed by atoms with van der Waals surface area (Å²) in [5, 5.41) is 3.42. The minimum absolute atomic E-state index is 0.119. The first kappa shape index (κ1) is 17.2. The number of hydrogen-bond acceptors (Lipinski definition) is 4. The molecule has 2 aromatic carbocycles. The molecule has 1 aliphatic heterocycles. The van der Waals surface area contributed by atoms with Crippen LogP contribution in [0.4, 0.5) is 11.4 Å². The van der Waals surface area contributed by atoms with E-state index in [2.05, 4.69) is 10.3 Å². The van der Waals surface area contributed by atoms with Crippen molar-refractivity contribution in [2.24, 2.45) is 4.99 Å². The smallest absolute Gasteiger partial charge is 0.230 e. The van der Waals surface area contributed by atoms with Crippen molar-refractivity contribution < 1.29 is 9.53 Å². The van der Waals surface area contributed by atoms with E-state index in [1.807, 2.05) is 36.4 Å². The molecule has 2 heterocycles. The van der Waals surface area contributed by atoms with E-state index in [1.54, 1.807) is 31.5 Å². The van der Waals surface area contributed by atoms with Gasteiger partial charge in [0.25, 0.3) is 0 Å². The fraction of sp³-hybridized carbons (Fsp3) is 0.0952. The van der Waals surface area contributed by atoms with Crippen LogP contribution in [0.2, 0.25) is 5.02 Å². The molecule has 4 rings (SSSR count). The largest absolute Gasteiger partial charge is 0.481 e. The van der Waals surface area contributed by atoms with Gasteiger partial charge in [-0.1, -0.05) is 29.8 Å². The average Bonchev–Trinajstić information content (AvgIpc) is 2.86. The maximum atomic E-state index is 12.3. The van der Waals surface area contributed by atoms with Gasteiger partial charge in [-0.2, -0.15) is 0 Å². The van der Waals surface area contributed by atoms with Crippen LogP contribution in [-0.4, -0.2) is 23.7 Å². The monoisotopic (exact) mass is 377 g/mol. The molecule has 6 heteroatoms. The maximum absolute atomic E-state index is 12.3. The van der Waals surface area contributed by atoms with Crippen LogP contribution < -0.4 is 10.1 Å². The molecule has 0 saturated heterocycles. The lowest BCUT2D eigenvalue weighted by Gasteiger charge is -2.07. The number of anilines is 1. The van der Waals surface area contributed by atoms with Gasteiger partial charge in [0, 0.05) is 22.8 Å². The molecule has 0 radical (unpaired) electrons. The number of benzene rings is 2. The second kappa shape index (κ2) is 7.21. The van der Waals surface area contributed by atoms with E-state index in [0.29, 0.717) is 28.0 Å². The zero-order valence-electron chi connectivity index (χ0n) is 14.6. The van der Waals surface area contributed by atoms with E-state index in [1.165, 1.54) is 0 Å². The Morgan fingerprint density at radius 1 is 1.04 bits per heavy atom. The first-order valence-electron chi connectivity index (χ1n) is 8.40. The van der Waals surface area contributed by atoms with Crippen molar-refractivity contribution in [2.45, 2.75) is 6.42 Å². The molecular formula is C21H16ClN3O2. The van der Waals surface area contributed by atoms with Crippen LogP contribution >= 0.6 is 11.6 Å². The molecule has 0 spiro atoms. The van der Waals surface area contributed by atoms with Gasteiger partial charge >= 0.3 is 0 Å². The van der Waals surface area contributed by atoms with Gasteiger partial charge in [0.2, 0.25) is 11.8 Å². The second-order valence-electron chi connectivity index (χ2n) is 6.11. The standard InChI is InChI=1S/C21H16ClN3O2/c1-27-21-8-5-15(12-23-21)13-3-2-4-14(9-13)18-11-20(26)25-19-10-16(22)6-7-17(19)24-18/h2-10,12H,11H2,1H3,(H,25,26). The molecule has 0 aliphatic carbocycles. The molecule has 0 saturated carbocycles. The van der Waals surface area contributed by atoms with Crippen LogP contribution in [0, 0.1) is 0 Å². The van der Waals surface area contributed by atoms with Gasteiger partial charge < -0.3 is 10.1 Å². The van der Waals surface area contributed by atoms with E-state index in [4.69, 9.17) is 21.3 Å². The van der Waals surface area contributed by atoms with Crippen molar-refractivity contribution in [2.75, 3.05) is 12.4 Å². The molecule has 5 nitrogen and oxygen atoms in total. The van der Waals surface area contributed by atoms with E-state index in [9.17, 15) is 4.79 Å². The number of carbonyl (C=O) groups excluding carboxylic acids is 1. The van der Waals surface area contributed by atoms with E-state index >= 15 is 0 Å². The summed E-state index contributed by atoms with van der Waals surface area (Å²) in [4.78, 5) is 21.3. The number of ether oxygens (including phenoxy) is 1. The van der Waals surface area contributed by atoms with Gasteiger partial charge in [0.1, 0.15) is 0 Å². The summed E-state index contributed by atoms with van der Waals surface area (Å²) < 4.78 is 5.11. The lowest BCUT2D eigenvalue weighted by atomic mass is 10.0. The SMILES string of the molecule is COc1ccc(-c2cccc(C3=Nc4ccc(Cl)cc4NC(=O)C3)c2)cn1. The number of aliphatic imine (C=N–C) groups is 1. The van der Waals surface area contributed by atoms with Crippen LogP contribution in [0.5, 0.6) is 5.88 Å². The van der Waals surface area contributed by atoms with Crippen molar-refractivity contribution in [3.05, 3.63) is 71.4 Å². The Morgan fingerprint density at radius 2 is 1.89 bits per heavy atom. The topological polar surface area (TPSA) is 63.6 Å². The Bertz CT molecular complexity index is 1050. The Hall–Kier alpha value is -3.18. The number of halogens is 1. The van der Waals surface area contributed by atoms with Crippen molar-refractivity contribution in [1.29, 1.82) is 0 Å². The highest BCUT2D eigenvalue weighted by atomic mass is 35.5. The van der Waals surface area contributed by atoms with Gasteiger partial charge in [-0.15, -0.1) is 0 Å². The minimum Gasteiger partial charge on any atom is -0.481 e. The van der Waals surface area contributed by atoms with E-state index in [-0.39, 0.29) is 12.3 Å². The number of nitrogens with one attached hydrogen (secondary N) is 1. The van der Waals surface area contributed by atoms with Crippen LogP contribution in [0.1, 0.15) is 12.0 Å². The molecule has 134 valence electrons. The molecular weight excluding hydrogens is 362 g/mol. The summed E-state index contributed by atoms with van der Waals surface area (Å²) in [6.07, 6.45) is 1.95. The third kappa shape index (κ3) is 3.68. The van der Waals surface area contributed by atoms with E-state index in [0.717, 1.165) is 16.7 Å². The molecule has 1 aromatic heterocycles. The molecule has 0 atom stereocenters. The van der Waals surface area contributed by atoms with Crippen LogP contribution in [-0.2, 0) is 4.79 Å². The number of aromatic nitrogens is 1. The highest BCUT2D eigenvalue weighted by Gasteiger charge is 2.18. The maximum Gasteiger partial charge on any atom is 0.230 e. The third-order valence-electron chi connectivity index (χ3n) is 4.29. The fourth-order valence-corrected chi connectivity index (χ4v) is 3.13. The van der Waals surface area contributed by atoms with Crippen molar-refractivity contribution >= 4 is 34.6 Å². The Morgan fingerprint density at radius 3 is 2.67 bits per heavy atom. The Labute approximate surface area is 161 Å². The first-order valence-corrected chi connectivity index (χ1v) is 8.78. The van der Waals surface area contributed by atoms with Gasteiger partial charge in [-0.25, -0.2) is 4.98 Å². The summed E-state index contributed by atoms with van der Waals surface area (Å²) in [6, 6.07) is 17.0. The average molecular weight is 378 g/mol. The summed E-state index contributed by atoms with van der Waals surface area (Å²) in [5.74, 6) is 0.446. The zero-order chi connectivity index (χ0) is 18.8. The van der Waals surface area contributed by atoms with Gasteiger partial charge in [-0.3, -0.25) is 9.79 Å². The predicted molar refractivity (Wildman–Crippen MR) is 107 cm³/mol. The molecule has 27 heavy (non-hydrogen) atoms. The normalized spacial score (nSPS) is 13.3. The molecule has 1 N–H and O–H groups in total. The number of rotatable bonds is 3. The van der Waals surface area contributed by atoms with Crippen LogP contribution in [0.3, 0.4) is 0 Å². The molecule has 1 aliphatic rings. The van der Waals surface area contributed by atoms with Crippen LogP contribution in [0.15, 0.2) is 65.8 Å². The predicted octanol–water partition coefficient (Wildman–Crippen LogP) is 4.87. The molecule has 0 fully saturated rings. The molecule has 3 aromatic rings. The minimum atomic E-state index is -0.119. The molecule has 0 bridgehead atoms. The van der Waals surface area contributed by atoms with Gasteiger partial charge in [0.05, 0.1) is 30.6 Å². The lowest BCUT2D eigenvalue weighted by molar-refractivity contribution is -0.115. The number of hydrogen-bond donors (Lipinski definition) is 1. The number of carbonyl (C=O) groups is 1. The number of fused-ring (bicyclic) bond motifs is 1. The molecule has 0 unspecified atom stereocenters. The summed E-state index contributed by atoms with van der Waals surface area (Å²) in [7, 11) is 1.59. The van der Waals surface area contributed by atoms with E-state index < -0.39 is 0 Å². The zero-order valence-corrected chi connectivity index (χ0v) is 15.3. The number of nitrogens with zero attached hydrogens (tertiary/aromatic N) is 2. The summed E-state index contributed by atoms with van der Waals surface area (Å²) in [6.45, 7) is 0. The van der Waals surface area contributed by atoms with Crippen molar-refractivity contribution in [3.8, 4) is 17.0 Å². The second-order valence-corrected chi connectivity index (χ2v) is 6.55. The van der Waals surface area contributed by atoms with Gasteiger partial charge in [0.15, 0.2) is 0 Å². The third-order valence-corrected chi connectivity index (χ3v) is 4.53. The molecule has 1 amide bonds. The van der Waals surface area contributed by atoms with Gasteiger partial charge in [-0.05, 0) is 41.5 Å². The number of amides is 1.